The minimum absolute atomic E-state index is 0.109. The Labute approximate surface area is 271 Å². The summed E-state index contributed by atoms with van der Waals surface area (Å²) < 4.78 is 45.3. The highest BCUT2D eigenvalue weighted by Gasteiger charge is 2.47. The van der Waals surface area contributed by atoms with Gasteiger partial charge in [0, 0.05) is 12.8 Å². The van der Waals surface area contributed by atoms with E-state index in [0.29, 0.717) is 0 Å². The lowest BCUT2D eigenvalue weighted by molar-refractivity contribution is -0.151. The Bertz CT molecular complexity index is 825. The Hall–Kier alpha value is -2.92. The lowest BCUT2D eigenvalue weighted by atomic mass is 9.89. The predicted molar refractivity (Wildman–Crippen MR) is 162 cm³/mol. The molecule has 0 N–H and O–H groups in total. The molecule has 0 saturated heterocycles. The SMILES string of the molecule is O=C(OC1CCCCC1)OC1CC(OC(=O)OC2CCCCC2)C(OC(=O)OC2CCCCC2)CC1OC(=O)OC1CCCCC1. The molecule has 0 aromatic carbocycles. The van der Waals surface area contributed by atoms with E-state index in [1.54, 1.807) is 0 Å². The summed E-state index contributed by atoms with van der Waals surface area (Å²) in [5, 5.41) is 0. The maximum absolute atomic E-state index is 12.9. The molecule has 5 aliphatic carbocycles. The topological polar surface area (TPSA) is 142 Å². The maximum Gasteiger partial charge on any atom is 0.508 e. The summed E-state index contributed by atoms with van der Waals surface area (Å²) in [5.74, 6) is 0. The number of carbonyl (C=O) groups excluding carboxylic acids is 4. The Balaban J connectivity index is 1.27. The van der Waals surface area contributed by atoms with Crippen LogP contribution in [0.5, 0.6) is 0 Å². The van der Waals surface area contributed by atoms with Crippen LogP contribution in [0.4, 0.5) is 19.2 Å². The third-order valence-corrected chi connectivity index (χ3v) is 10.0. The van der Waals surface area contributed by atoms with Crippen molar-refractivity contribution in [2.75, 3.05) is 0 Å². The largest absolute Gasteiger partial charge is 0.508 e. The minimum Gasteiger partial charge on any atom is -0.431 e. The molecule has 12 nitrogen and oxygen atoms in total. The van der Waals surface area contributed by atoms with Gasteiger partial charge < -0.3 is 37.9 Å². The standard InChI is InChI=1S/C34H52O12/c35-31(39-23-13-5-1-6-14-23)43-27-21-29(45-33(37)41-25-17-9-3-10-18-25)30(46-34(38)42-26-19-11-4-12-20-26)22-28(27)44-32(36)40-24-15-7-2-8-16-24/h23-30H,1-22H2. The molecule has 5 saturated carbocycles. The Kier molecular flexibility index (Phi) is 13.4. The maximum atomic E-state index is 12.9. The number of ether oxygens (including phenoxy) is 8. The lowest BCUT2D eigenvalue weighted by Gasteiger charge is -2.39. The van der Waals surface area contributed by atoms with Crippen LogP contribution in [0.25, 0.3) is 0 Å². The van der Waals surface area contributed by atoms with Crippen LogP contribution in [0.15, 0.2) is 0 Å². The van der Waals surface area contributed by atoms with Gasteiger partial charge >= 0.3 is 24.6 Å². The van der Waals surface area contributed by atoms with Crippen molar-refractivity contribution in [3.05, 3.63) is 0 Å². The Morgan fingerprint density at radius 2 is 0.478 bits per heavy atom. The summed E-state index contributed by atoms with van der Waals surface area (Å²) in [6.07, 6.45) is 9.24. The molecule has 260 valence electrons. The fourth-order valence-electron chi connectivity index (χ4n) is 7.44. The zero-order valence-electron chi connectivity index (χ0n) is 27.1. The number of carbonyl (C=O) groups is 4. The molecule has 5 fully saturated rings. The molecule has 0 amide bonds. The van der Waals surface area contributed by atoms with Crippen molar-refractivity contribution in [1.29, 1.82) is 0 Å². The second kappa shape index (κ2) is 17.8. The van der Waals surface area contributed by atoms with Crippen molar-refractivity contribution in [2.24, 2.45) is 0 Å². The summed E-state index contributed by atoms with van der Waals surface area (Å²) in [7, 11) is 0. The molecule has 5 aliphatic rings. The molecular weight excluding hydrogens is 600 g/mol. The molecule has 0 heterocycles. The highest BCUT2D eigenvalue weighted by molar-refractivity contribution is 5.63. The third kappa shape index (κ3) is 11.1. The van der Waals surface area contributed by atoms with Crippen molar-refractivity contribution >= 4 is 24.6 Å². The first-order valence-corrected chi connectivity index (χ1v) is 17.9. The van der Waals surface area contributed by atoms with E-state index in [9.17, 15) is 19.2 Å². The summed E-state index contributed by atoms with van der Waals surface area (Å²) in [6.45, 7) is 0. The van der Waals surface area contributed by atoms with E-state index in [-0.39, 0.29) is 37.3 Å². The molecule has 0 bridgehead atoms. The Morgan fingerprint density at radius 3 is 0.674 bits per heavy atom. The number of hydrogen-bond acceptors (Lipinski definition) is 12. The average Bonchev–Trinajstić information content (AvgIpc) is 3.05. The minimum atomic E-state index is -1.04. The first-order chi connectivity index (χ1) is 22.4. The van der Waals surface area contributed by atoms with Crippen LogP contribution in [-0.2, 0) is 37.9 Å². The third-order valence-electron chi connectivity index (χ3n) is 10.0. The zero-order chi connectivity index (χ0) is 32.1. The van der Waals surface area contributed by atoms with Gasteiger partial charge in [-0.25, -0.2) is 19.2 Å². The second-order valence-electron chi connectivity index (χ2n) is 13.6. The molecule has 46 heavy (non-hydrogen) atoms. The highest BCUT2D eigenvalue weighted by Crippen LogP contribution is 2.33. The van der Waals surface area contributed by atoms with E-state index >= 15 is 0 Å². The molecular formula is C34H52O12. The van der Waals surface area contributed by atoms with Crippen LogP contribution >= 0.6 is 0 Å². The molecule has 0 aromatic rings. The molecule has 5 rings (SSSR count). The van der Waals surface area contributed by atoms with Crippen molar-refractivity contribution in [3.8, 4) is 0 Å². The molecule has 0 aliphatic heterocycles. The van der Waals surface area contributed by atoms with E-state index in [1.807, 2.05) is 0 Å². The zero-order valence-corrected chi connectivity index (χ0v) is 27.1. The van der Waals surface area contributed by atoms with Gasteiger partial charge in [0.15, 0.2) is 0 Å². The van der Waals surface area contributed by atoms with Crippen LogP contribution in [0.1, 0.15) is 141 Å². The first-order valence-electron chi connectivity index (χ1n) is 17.9. The van der Waals surface area contributed by atoms with Crippen LogP contribution in [-0.4, -0.2) is 73.5 Å². The van der Waals surface area contributed by atoms with Crippen molar-refractivity contribution in [3.63, 3.8) is 0 Å². The number of hydrogen-bond donors (Lipinski definition) is 0. The van der Waals surface area contributed by atoms with Gasteiger partial charge in [-0.15, -0.1) is 0 Å². The van der Waals surface area contributed by atoms with Gasteiger partial charge in [-0.3, -0.25) is 0 Å². The van der Waals surface area contributed by atoms with E-state index in [0.717, 1.165) is 128 Å². The van der Waals surface area contributed by atoms with Gasteiger partial charge in [0.1, 0.15) is 48.8 Å². The van der Waals surface area contributed by atoms with Crippen LogP contribution in [0.3, 0.4) is 0 Å². The predicted octanol–water partition coefficient (Wildman–Crippen LogP) is 8.20. The van der Waals surface area contributed by atoms with Gasteiger partial charge in [0.25, 0.3) is 0 Å². The summed E-state index contributed by atoms with van der Waals surface area (Å²) in [4.78, 5) is 51.8. The first kappa shape index (κ1) is 34.4. The quantitative estimate of drug-likeness (QED) is 0.184. The molecule has 0 spiro atoms. The van der Waals surface area contributed by atoms with Crippen molar-refractivity contribution in [1.82, 2.24) is 0 Å². The van der Waals surface area contributed by atoms with E-state index in [4.69, 9.17) is 37.9 Å². The van der Waals surface area contributed by atoms with E-state index in [1.165, 1.54) is 0 Å². The van der Waals surface area contributed by atoms with E-state index < -0.39 is 49.0 Å². The summed E-state index contributed by atoms with van der Waals surface area (Å²) >= 11 is 0. The van der Waals surface area contributed by atoms with Gasteiger partial charge in [0.05, 0.1) is 0 Å². The fraction of sp³-hybridized carbons (Fsp3) is 0.882. The summed E-state index contributed by atoms with van der Waals surface area (Å²) in [6, 6.07) is 0. The van der Waals surface area contributed by atoms with Crippen LogP contribution < -0.4 is 0 Å². The van der Waals surface area contributed by atoms with Gasteiger partial charge in [-0.1, -0.05) is 25.7 Å². The van der Waals surface area contributed by atoms with Gasteiger partial charge in [0.2, 0.25) is 0 Å². The van der Waals surface area contributed by atoms with Crippen molar-refractivity contribution < 1.29 is 57.1 Å². The van der Waals surface area contributed by atoms with Crippen LogP contribution in [0, 0.1) is 0 Å². The summed E-state index contributed by atoms with van der Waals surface area (Å²) in [5.41, 5.74) is 0. The van der Waals surface area contributed by atoms with Gasteiger partial charge in [-0.05, 0) is 103 Å². The molecule has 0 aromatic heterocycles. The average molecular weight is 653 g/mol. The molecule has 4 atom stereocenters. The highest BCUT2D eigenvalue weighted by atomic mass is 16.8. The van der Waals surface area contributed by atoms with Crippen molar-refractivity contribution in [2.45, 2.75) is 190 Å². The smallest absolute Gasteiger partial charge is 0.431 e. The monoisotopic (exact) mass is 652 g/mol. The normalized spacial score (nSPS) is 28.7. The van der Waals surface area contributed by atoms with E-state index in [2.05, 4.69) is 0 Å². The lowest BCUT2D eigenvalue weighted by Crippen LogP contribution is -2.52. The Morgan fingerprint density at radius 1 is 0.283 bits per heavy atom. The molecule has 4 unspecified atom stereocenters. The fourth-order valence-corrected chi connectivity index (χ4v) is 7.44. The number of rotatable bonds is 8. The molecule has 0 radical (unpaired) electrons. The van der Waals surface area contributed by atoms with Crippen LogP contribution in [0.2, 0.25) is 0 Å². The van der Waals surface area contributed by atoms with Gasteiger partial charge in [-0.2, -0.15) is 0 Å². The molecule has 12 heteroatoms. The second-order valence-corrected chi connectivity index (χ2v) is 13.6.